The van der Waals surface area contributed by atoms with E-state index in [1.54, 1.807) is 0 Å². The number of halogens is 2. The first kappa shape index (κ1) is 15.2. The summed E-state index contributed by atoms with van der Waals surface area (Å²) >= 11 is 5.55. The molecule has 2 rings (SSSR count). The van der Waals surface area contributed by atoms with Crippen LogP contribution in [0.1, 0.15) is 10.4 Å². The maximum atomic E-state index is 13.0. The molecule has 21 heavy (non-hydrogen) atoms. The molecule has 0 amide bonds. The van der Waals surface area contributed by atoms with Crippen LogP contribution in [-0.2, 0) is 10.0 Å². The number of pyridine rings is 1. The maximum Gasteiger partial charge on any atom is 0.337 e. The highest BCUT2D eigenvalue weighted by Gasteiger charge is 2.17. The minimum absolute atomic E-state index is 0.0607. The number of sulfonamides is 1. The van der Waals surface area contributed by atoms with Crippen molar-refractivity contribution in [3.05, 3.63) is 52.9 Å². The van der Waals surface area contributed by atoms with Gasteiger partial charge in [-0.1, -0.05) is 11.6 Å². The van der Waals surface area contributed by atoms with Gasteiger partial charge in [0.05, 0.1) is 16.3 Å². The van der Waals surface area contributed by atoms with Gasteiger partial charge in [-0.3, -0.25) is 4.72 Å². The lowest BCUT2D eigenvalue weighted by Gasteiger charge is -2.08. The monoisotopic (exact) mass is 330 g/mol. The summed E-state index contributed by atoms with van der Waals surface area (Å²) in [5, 5.41) is 8.12. The van der Waals surface area contributed by atoms with Crippen molar-refractivity contribution in [2.75, 3.05) is 4.72 Å². The Morgan fingerprint density at radius 3 is 2.52 bits per heavy atom. The van der Waals surface area contributed by atoms with E-state index in [4.69, 9.17) is 16.7 Å². The smallest absolute Gasteiger partial charge is 0.337 e. The van der Waals surface area contributed by atoms with Crippen molar-refractivity contribution >= 4 is 33.3 Å². The van der Waals surface area contributed by atoms with Crippen LogP contribution in [0.15, 0.2) is 41.6 Å². The zero-order chi connectivity index (χ0) is 15.6. The maximum absolute atomic E-state index is 13.0. The summed E-state index contributed by atoms with van der Waals surface area (Å²) < 4.78 is 39.2. The molecule has 0 bridgehead atoms. The van der Waals surface area contributed by atoms with Crippen molar-refractivity contribution in [3.8, 4) is 0 Å². The van der Waals surface area contributed by atoms with Crippen LogP contribution >= 0.6 is 11.6 Å². The second kappa shape index (κ2) is 5.66. The predicted molar refractivity (Wildman–Crippen MR) is 73.4 cm³/mol. The predicted octanol–water partition coefficient (Wildman–Crippen LogP) is 2.37. The van der Waals surface area contributed by atoms with Crippen molar-refractivity contribution in [3.63, 3.8) is 0 Å². The van der Waals surface area contributed by atoms with E-state index < -0.39 is 21.8 Å². The average Bonchev–Trinajstić information content (AvgIpc) is 2.43. The Morgan fingerprint density at radius 2 is 2.00 bits per heavy atom. The Bertz CT molecular complexity index is 793. The molecule has 0 fully saturated rings. The van der Waals surface area contributed by atoms with Gasteiger partial charge in [0.2, 0.25) is 0 Å². The molecule has 0 aliphatic heterocycles. The van der Waals surface area contributed by atoms with E-state index in [-0.39, 0.29) is 21.3 Å². The van der Waals surface area contributed by atoms with Gasteiger partial charge in [0.1, 0.15) is 5.82 Å². The summed E-state index contributed by atoms with van der Waals surface area (Å²) in [4.78, 5) is 14.2. The number of benzene rings is 1. The van der Waals surface area contributed by atoms with E-state index in [2.05, 4.69) is 9.71 Å². The van der Waals surface area contributed by atoms with Gasteiger partial charge in [-0.25, -0.2) is 14.2 Å². The van der Waals surface area contributed by atoms with E-state index in [9.17, 15) is 17.6 Å². The third-order valence-electron chi connectivity index (χ3n) is 2.43. The summed E-state index contributed by atoms with van der Waals surface area (Å²) in [5.74, 6) is -1.90. The van der Waals surface area contributed by atoms with Crippen LogP contribution in [-0.4, -0.2) is 24.5 Å². The average molecular weight is 331 g/mol. The number of aromatic carboxylic acids is 1. The van der Waals surface area contributed by atoms with Crippen molar-refractivity contribution in [2.45, 2.75) is 5.03 Å². The summed E-state index contributed by atoms with van der Waals surface area (Å²) in [7, 11) is -4.02. The molecule has 0 saturated carbocycles. The fourth-order valence-electron chi connectivity index (χ4n) is 1.43. The first-order valence-corrected chi connectivity index (χ1v) is 7.33. The van der Waals surface area contributed by atoms with Crippen LogP contribution in [0.3, 0.4) is 0 Å². The molecule has 2 aromatic rings. The van der Waals surface area contributed by atoms with Crippen molar-refractivity contribution in [2.24, 2.45) is 0 Å². The van der Waals surface area contributed by atoms with Crippen LogP contribution < -0.4 is 4.72 Å². The van der Waals surface area contributed by atoms with Crippen LogP contribution in [0.4, 0.5) is 10.1 Å². The molecule has 1 aromatic carbocycles. The molecular formula is C12H8ClFN2O4S. The molecule has 0 atom stereocenters. The summed E-state index contributed by atoms with van der Waals surface area (Å²) in [6.45, 7) is 0. The third kappa shape index (κ3) is 3.47. The third-order valence-corrected chi connectivity index (χ3v) is 4.02. The summed E-state index contributed by atoms with van der Waals surface area (Å²) in [6, 6.07) is 5.49. The first-order chi connectivity index (χ1) is 9.79. The van der Waals surface area contributed by atoms with Gasteiger partial charge in [-0.05, 0) is 30.3 Å². The van der Waals surface area contributed by atoms with Crippen LogP contribution in [0.25, 0.3) is 0 Å². The Morgan fingerprint density at radius 1 is 1.29 bits per heavy atom. The Kier molecular flexibility index (Phi) is 4.10. The van der Waals surface area contributed by atoms with E-state index in [0.29, 0.717) is 0 Å². The van der Waals surface area contributed by atoms with Gasteiger partial charge in [0, 0.05) is 6.20 Å². The van der Waals surface area contributed by atoms with Crippen molar-refractivity contribution < 1.29 is 22.7 Å². The van der Waals surface area contributed by atoms with Gasteiger partial charge in [0.15, 0.2) is 5.03 Å². The van der Waals surface area contributed by atoms with E-state index >= 15 is 0 Å². The molecule has 0 unspecified atom stereocenters. The topological polar surface area (TPSA) is 96.4 Å². The van der Waals surface area contributed by atoms with Gasteiger partial charge in [0.25, 0.3) is 10.0 Å². The van der Waals surface area contributed by atoms with Crippen LogP contribution in [0, 0.1) is 5.82 Å². The Labute approximate surface area is 124 Å². The SMILES string of the molecule is O=C(O)c1ccc(S(=O)(=O)Nc2ccc(F)c(Cl)c2)nc1. The number of nitrogens with one attached hydrogen (secondary N) is 1. The quantitative estimate of drug-likeness (QED) is 0.897. The van der Waals surface area contributed by atoms with Crippen molar-refractivity contribution in [1.82, 2.24) is 4.98 Å². The lowest BCUT2D eigenvalue weighted by molar-refractivity contribution is 0.0696. The molecule has 0 saturated heterocycles. The number of carboxylic acid groups (broad SMARTS) is 1. The fourth-order valence-corrected chi connectivity index (χ4v) is 2.59. The molecule has 9 heteroatoms. The number of carboxylic acids is 1. The standard InChI is InChI=1S/C12H8ClFN2O4S/c13-9-5-8(2-3-10(9)14)16-21(19,20)11-4-1-7(6-15-11)12(17)18/h1-6,16H,(H,17,18). The molecule has 2 N–H and O–H groups in total. The lowest BCUT2D eigenvalue weighted by atomic mass is 10.3. The van der Waals surface area contributed by atoms with E-state index in [0.717, 1.165) is 30.5 Å². The Hall–Kier alpha value is -2.19. The second-order valence-electron chi connectivity index (χ2n) is 3.92. The molecule has 6 nitrogen and oxygen atoms in total. The largest absolute Gasteiger partial charge is 0.478 e. The highest BCUT2D eigenvalue weighted by molar-refractivity contribution is 7.92. The molecular weight excluding hydrogens is 323 g/mol. The number of rotatable bonds is 4. The van der Waals surface area contributed by atoms with Crippen molar-refractivity contribution in [1.29, 1.82) is 0 Å². The highest BCUT2D eigenvalue weighted by atomic mass is 35.5. The van der Waals surface area contributed by atoms with Gasteiger partial charge in [-0.2, -0.15) is 8.42 Å². The molecule has 110 valence electrons. The lowest BCUT2D eigenvalue weighted by Crippen LogP contribution is -2.15. The van der Waals surface area contributed by atoms with E-state index in [1.165, 1.54) is 6.07 Å². The number of anilines is 1. The van der Waals surface area contributed by atoms with Gasteiger partial charge < -0.3 is 5.11 Å². The minimum Gasteiger partial charge on any atom is -0.478 e. The van der Waals surface area contributed by atoms with E-state index in [1.807, 2.05) is 0 Å². The zero-order valence-electron chi connectivity index (χ0n) is 10.2. The molecule has 0 aliphatic carbocycles. The minimum atomic E-state index is -4.02. The number of aromatic nitrogens is 1. The molecule has 1 aromatic heterocycles. The normalized spacial score (nSPS) is 11.1. The van der Waals surface area contributed by atoms with Gasteiger partial charge in [-0.15, -0.1) is 0 Å². The number of hydrogen-bond donors (Lipinski definition) is 2. The van der Waals surface area contributed by atoms with Gasteiger partial charge >= 0.3 is 5.97 Å². The molecule has 0 spiro atoms. The fraction of sp³-hybridized carbons (Fsp3) is 0. The molecule has 0 radical (unpaired) electrons. The Balaban J connectivity index is 2.29. The van der Waals surface area contributed by atoms with Crippen LogP contribution in [0.2, 0.25) is 5.02 Å². The first-order valence-electron chi connectivity index (χ1n) is 5.47. The number of hydrogen-bond acceptors (Lipinski definition) is 4. The number of nitrogens with zero attached hydrogens (tertiary/aromatic N) is 1. The zero-order valence-corrected chi connectivity index (χ0v) is 11.8. The molecule has 0 aliphatic rings. The molecule has 1 heterocycles. The number of carbonyl (C=O) groups is 1. The van der Waals surface area contributed by atoms with Crippen LogP contribution in [0.5, 0.6) is 0 Å². The summed E-state index contributed by atoms with van der Waals surface area (Å²) in [5.41, 5.74) is -0.0794. The summed E-state index contributed by atoms with van der Waals surface area (Å²) in [6.07, 6.45) is 0.925. The highest BCUT2D eigenvalue weighted by Crippen LogP contribution is 2.21. The second-order valence-corrected chi connectivity index (χ2v) is 5.96.